The van der Waals surface area contributed by atoms with Crippen molar-refractivity contribution in [3.63, 3.8) is 0 Å². The summed E-state index contributed by atoms with van der Waals surface area (Å²) in [5.41, 5.74) is 3.44. The number of nitrogens with one attached hydrogen (secondary N) is 2. The number of carbonyl (C=O) groups is 2. The van der Waals surface area contributed by atoms with E-state index < -0.39 is 0 Å². The Morgan fingerprint density at radius 3 is 2.60 bits per heavy atom. The number of hydrogen-bond donors (Lipinski definition) is 2. The Balaban J connectivity index is 1.22. The summed E-state index contributed by atoms with van der Waals surface area (Å²) in [6.45, 7) is 1.64. The van der Waals surface area contributed by atoms with Gasteiger partial charge in [0, 0.05) is 42.6 Å². The molecule has 1 aliphatic carbocycles. The second-order valence-electron chi connectivity index (χ2n) is 8.75. The summed E-state index contributed by atoms with van der Waals surface area (Å²) in [4.78, 5) is 26.6. The van der Waals surface area contributed by atoms with Crippen LogP contribution in [0.5, 0.6) is 0 Å². The quantitative estimate of drug-likeness (QED) is 0.796. The molecule has 1 aromatic carbocycles. The molecule has 7 nitrogen and oxygen atoms in total. The summed E-state index contributed by atoms with van der Waals surface area (Å²) >= 11 is 0. The predicted octanol–water partition coefficient (Wildman–Crippen LogP) is 4.15. The van der Waals surface area contributed by atoms with Gasteiger partial charge in [-0.15, -0.1) is 0 Å². The lowest BCUT2D eigenvalue weighted by molar-refractivity contribution is -0.117. The van der Waals surface area contributed by atoms with Crippen LogP contribution in [0.1, 0.15) is 67.2 Å². The lowest BCUT2D eigenvalue weighted by Crippen LogP contribution is -2.41. The second kappa shape index (κ2) is 8.13. The number of hydrogen-bond acceptors (Lipinski definition) is 4. The van der Waals surface area contributed by atoms with Crippen LogP contribution < -0.4 is 5.32 Å². The van der Waals surface area contributed by atoms with E-state index in [4.69, 9.17) is 4.74 Å². The van der Waals surface area contributed by atoms with Crippen molar-refractivity contribution >= 4 is 17.8 Å². The average molecular weight is 409 g/mol. The number of fused-ring (bicyclic) bond motifs is 1. The van der Waals surface area contributed by atoms with Gasteiger partial charge in [-0.05, 0) is 37.2 Å². The number of piperidine rings is 1. The standard InChI is InChI=1S/C23H28N4O3/c28-19-13-18(20-21(17-7-4-8-17)25-26-22(20)24-19)16-9-11-27(12-10-16)23(29)30-14-15-5-2-1-3-6-15/h1-3,5-6,16-18H,4,7-14H2,(H2,24,25,26,28). The van der Waals surface area contributed by atoms with E-state index in [0.717, 1.165) is 24.2 Å². The minimum Gasteiger partial charge on any atom is -0.445 e. The summed E-state index contributed by atoms with van der Waals surface area (Å²) in [7, 11) is 0. The van der Waals surface area contributed by atoms with Gasteiger partial charge in [0.1, 0.15) is 6.61 Å². The number of ether oxygens (including phenoxy) is 1. The first-order valence-electron chi connectivity index (χ1n) is 11.0. The van der Waals surface area contributed by atoms with E-state index in [-0.39, 0.29) is 17.9 Å². The highest BCUT2D eigenvalue weighted by molar-refractivity contribution is 5.94. The smallest absolute Gasteiger partial charge is 0.410 e. The normalized spacial score (nSPS) is 22.2. The molecule has 3 heterocycles. The maximum atomic E-state index is 12.5. The molecule has 7 heteroatoms. The Bertz CT molecular complexity index is 914. The van der Waals surface area contributed by atoms with Gasteiger partial charge in [-0.25, -0.2) is 4.79 Å². The summed E-state index contributed by atoms with van der Waals surface area (Å²) in [5, 5.41) is 10.6. The molecule has 30 heavy (non-hydrogen) atoms. The van der Waals surface area contributed by atoms with Crippen molar-refractivity contribution in [3.05, 3.63) is 47.2 Å². The van der Waals surface area contributed by atoms with Crippen molar-refractivity contribution < 1.29 is 14.3 Å². The third-order valence-electron chi connectivity index (χ3n) is 6.95. The van der Waals surface area contributed by atoms with Crippen LogP contribution in [0.3, 0.4) is 0 Å². The van der Waals surface area contributed by atoms with Crippen LogP contribution in [0, 0.1) is 5.92 Å². The average Bonchev–Trinajstić information content (AvgIpc) is 3.14. The first-order chi connectivity index (χ1) is 14.7. The predicted molar refractivity (Wildman–Crippen MR) is 112 cm³/mol. The van der Waals surface area contributed by atoms with E-state index in [1.54, 1.807) is 4.90 Å². The van der Waals surface area contributed by atoms with Gasteiger partial charge in [0.25, 0.3) is 0 Å². The van der Waals surface area contributed by atoms with Crippen molar-refractivity contribution in [2.24, 2.45) is 5.92 Å². The molecule has 0 bridgehead atoms. The van der Waals surface area contributed by atoms with Gasteiger partial charge in [-0.1, -0.05) is 36.8 Å². The van der Waals surface area contributed by atoms with Crippen LogP contribution in [0.2, 0.25) is 0 Å². The number of aromatic nitrogens is 2. The molecule has 1 saturated heterocycles. The molecular formula is C23H28N4O3. The van der Waals surface area contributed by atoms with Crippen LogP contribution in [-0.4, -0.2) is 40.2 Å². The van der Waals surface area contributed by atoms with E-state index in [1.807, 2.05) is 30.3 Å². The molecule has 0 radical (unpaired) electrons. The number of benzene rings is 1. The first kappa shape index (κ1) is 19.2. The number of H-pyrrole nitrogens is 1. The zero-order chi connectivity index (χ0) is 20.5. The number of amides is 2. The first-order valence-corrected chi connectivity index (χ1v) is 11.0. The molecule has 0 spiro atoms. The molecule has 5 rings (SSSR count). The molecule has 2 fully saturated rings. The van der Waals surface area contributed by atoms with Crippen LogP contribution in [0.25, 0.3) is 0 Å². The van der Waals surface area contributed by atoms with E-state index in [2.05, 4.69) is 15.5 Å². The van der Waals surface area contributed by atoms with Crippen molar-refractivity contribution in [1.82, 2.24) is 15.1 Å². The summed E-state index contributed by atoms with van der Waals surface area (Å²) in [5.74, 6) is 1.88. The van der Waals surface area contributed by atoms with Crippen LogP contribution in [0.4, 0.5) is 10.6 Å². The van der Waals surface area contributed by atoms with Gasteiger partial charge < -0.3 is 15.0 Å². The fraction of sp³-hybridized carbons (Fsp3) is 0.522. The Kier molecular flexibility index (Phi) is 5.19. The molecule has 2 aromatic rings. The molecule has 1 aromatic heterocycles. The Morgan fingerprint density at radius 2 is 1.90 bits per heavy atom. The minimum absolute atomic E-state index is 0.0452. The highest BCUT2D eigenvalue weighted by Crippen LogP contribution is 2.47. The van der Waals surface area contributed by atoms with Crippen molar-refractivity contribution in [3.8, 4) is 0 Å². The molecular weight excluding hydrogens is 380 g/mol. The molecule has 1 unspecified atom stereocenters. The number of anilines is 1. The highest BCUT2D eigenvalue weighted by atomic mass is 16.6. The monoisotopic (exact) mass is 408 g/mol. The van der Waals surface area contributed by atoms with Gasteiger partial charge >= 0.3 is 6.09 Å². The lowest BCUT2D eigenvalue weighted by Gasteiger charge is -2.38. The van der Waals surface area contributed by atoms with Gasteiger partial charge in [0.2, 0.25) is 5.91 Å². The molecule has 2 amide bonds. The van der Waals surface area contributed by atoms with Gasteiger partial charge in [-0.2, -0.15) is 5.10 Å². The third kappa shape index (κ3) is 3.68. The topological polar surface area (TPSA) is 87.3 Å². The molecule has 3 aliphatic rings. The molecule has 1 atom stereocenters. The third-order valence-corrected chi connectivity index (χ3v) is 6.95. The molecule has 1 saturated carbocycles. The number of carbonyl (C=O) groups excluding carboxylic acids is 2. The van der Waals surface area contributed by atoms with Crippen LogP contribution in [0.15, 0.2) is 30.3 Å². The molecule has 2 N–H and O–H groups in total. The van der Waals surface area contributed by atoms with E-state index in [1.165, 1.54) is 30.5 Å². The van der Waals surface area contributed by atoms with E-state index >= 15 is 0 Å². The number of aromatic amines is 1. The fourth-order valence-electron chi connectivity index (χ4n) is 5.03. The minimum atomic E-state index is -0.252. The van der Waals surface area contributed by atoms with Crippen LogP contribution in [-0.2, 0) is 16.1 Å². The van der Waals surface area contributed by atoms with Crippen LogP contribution >= 0.6 is 0 Å². The van der Waals surface area contributed by atoms with Gasteiger partial charge in [-0.3, -0.25) is 9.89 Å². The Hall–Kier alpha value is -2.83. The van der Waals surface area contributed by atoms with Crippen molar-refractivity contribution in [2.45, 2.75) is 57.0 Å². The fourth-order valence-corrected chi connectivity index (χ4v) is 5.03. The van der Waals surface area contributed by atoms with Gasteiger partial charge in [0.05, 0.1) is 0 Å². The van der Waals surface area contributed by atoms with Crippen molar-refractivity contribution in [1.29, 1.82) is 0 Å². The number of nitrogens with zero attached hydrogens (tertiary/aromatic N) is 2. The maximum absolute atomic E-state index is 12.5. The molecule has 2 aliphatic heterocycles. The second-order valence-corrected chi connectivity index (χ2v) is 8.75. The maximum Gasteiger partial charge on any atom is 0.410 e. The highest BCUT2D eigenvalue weighted by Gasteiger charge is 2.39. The molecule has 158 valence electrons. The zero-order valence-corrected chi connectivity index (χ0v) is 17.1. The Labute approximate surface area is 176 Å². The summed E-state index contributed by atoms with van der Waals surface area (Å²) in [6.07, 6.45) is 5.68. The summed E-state index contributed by atoms with van der Waals surface area (Å²) < 4.78 is 5.49. The largest absolute Gasteiger partial charge is 0.445 e. The van der Waals surface area contributed by atoms with E-state index in [9.17, 15) is 9.59 Å². The Morgan fingerprint density at radius 1 is 1.13 bits per heavy atom. The summed E-state index contributed by atoms with van der Waals surface area (Å²) in [6, 6.07) is 9.74. The SMILES string of the molecule is O=C1CC(C2CCN(C(=O)OCc3ccccc3)CC2)c2c(n[nH]c2C2CCC2)N1. The number of likely N-dealkylation sites (tertiary alicyclic amines) is 1. The zero-order valence-electron chi connectivity index (χ0n) is 17.1. The number of rotatable bonds is 4. The van der Waals surface area contributed by atoms with Gasteiger partial charge in [0.15, 0.2) is 5.82 Å². The van der Waals surface area contributed by atoms with Crippen molar-refractivity contribution in [2.75, 3.05) is 18.4 Å². The van der Waals surface area contributed by atoms with E-state index in [0.29, 0.717) is 38.0 Å². The lowest BCUT2D eigenvalue weighted by atomic mass is 9.73.